The van der Waals surface area contributed by atoms with Crippen molar-refractivity contribution in [3.63, 3.8) is 0 Å². The molecule has 0 fully saturated rings. The van der Waals surface area contributed by atoms with Gasteiger partial charge in [0.2, 0.25) is 0 Å². The number of benzene rings is 2. The number of hydrogen-bond donors (Lipinski definition) is 0. The monoisotopic (exact) mass is 262 g/mol. The van der Waals surface area contributed by atoms with Gasteiger partial charge in [-0.25, -0.2) is 0 Å². The molecule has 1 aliphatic rings. The number of para-hydroxylation sites is 1. The van der Waals surface area contributed by atoms with Crippen molar-refractivity contribution in [3.8, 4) is 0 Å². The van der Waals surface area contributed by atoms with Crippen LogP contribution in [0.5, 0.6) is 0 Å². The Morgan fingerprint density at radius 1 is 0.950 bits per heavy atom. The van der Waals surface area contributed by atoms with Gasteiger partial charge in [0.1, 0.15) is 0 Å². The highest BCUT2D eigenvalue weighted by molar-refractivity contribution is 5.99. The van der Waals surface area contributed by atoms with Gasteiger partial charge < -0.3 is 4.90 Å². The lowest BCUT2D eigenvalue weighted by atomic mass is 9.89. The van der Waals surface area contributed by atoms with Crippen LogP contribution in [0.25, 0.3) is 0 Å². The summed E-state index contributed by atoms with van der Waals surface area (Å²) in [4.78, 5) is 18.0. The average Bonchev–Trinajstić information content (AvgIpc) is 2.56. The molecular weight excluding hydrogens is 248 g/mol. The van der Waals surface area contributed by atoms with Crippen molar-refractivity contribution in [1.29, 1.82) is 0 Å². The highest BCUT2D eigenvalue weighted by atomic mass is 16.1. The zero-order chi connectivity index (χ0) is 13.8. The molecule has 3 nitrogen and oxygen atoms in total. The van der Waals surface area contributed by atoms with Gasteiger partial charge >= 0.3 is 0 Å². The normalized spacial score (nSPS) is 20.9. The van der Waals surface area contributed by atoms with Gasteiger partial charge in [-0.05, 0) is 17.7 Å². The zero-order valence-corrected chi connectivity index (χ0v) is 10.9. The van der Waals surface area contributed by atoms with E-state index in [4.69, 9.17) is 0 Å². The van der Waals surface area contributed by atoms with Gasteiger partial charge in [-0.15, -0.1) is 0 Å². The van der Waals surface area contributed by atoms with Crippen LogP contribution >= 0.6 is 0 Å². The van der Waals surface area contributed by atoms with Crippen molar-refractivity contribution in [2.24, 2.45) is 4.99 Å². The summed E-state index contributed by atoms with van der Waals surface area (Å²) >= 11 is 0. The standard InChI is InChI=1S/C17H14N2O/c20-14-17(15-7-3-1-4-8-15)13-18-11-12-19(17)16-9-5-2-6-10-16/h1-14H. The largest absolute Gasteiger partial charge is 0.325 e. The molecule has 0 aliphatic carbocycles. The summed E-state index contributed by atoms with van der Waals surface area (Å²) in [7, 11) is 0. The number of carbonyl (C=O) groups is 1. The number of carbonyl (C=O) groups excluding carboxylic acids is 1. The van der Waals surface area contributed by atoms with Crippen molar-refractivity contribution in [2.45, 2.75) is 5.54 Å². The fourth-order valence-corrected chi connectivity index (χ4v) is 2.41. The van der Waals surface area contributed by atoms with E-state index in [1.54, 1.807) is 12.4 Å². The van der Waals surface area contributed by atoms with Crippen LogP contribution in [0.3, 0.4) is 0 Å². The molecule has 0 spiro atoms. The van der Waals surface area contributed by atoms with E-state index in [2.05, 4.69) is 4.99 Å². The second-order valence-corrected chi connectivity index (χ2v) is 4.59. The highest BCUT2D eigenvalue weighted by Crippen LogP contribution is 2.32. The molecular formula is C17H14N2O. The van der Waals surface area contributed by atoms with E-state index in [0.717, 1.165) is 17.5 Å². The van der Waals surface area contributed by atoms with E-state index in [1.807, 2.05) is 71.8 Å². The Morgan fingerprint density at radius 3 is 2.25 bits per heavy atom. The predicted molar refractivity (Wildman–Crippen MR) is 80.7 cm³/mol. The number of rotatable bonds is 3. The maximum absolute atomic E-state index is 11.9. The van der Waals surface area contributed by atoms with Crippen LogP contribution in [0, 0.1) is 0 Å². The number of anilines is 1. The molecule has 20 heavy (non-hydrogen) atoms. The van der Waals surface area contributed by atoms with Crippen LogP contribution in [0.15, 0.2) is 78.1 Å². The minimum absolute atomic E-state index is 0.892. The first-order valence-electron chi connectivity index (χ1n) is 6.44. The Morgan fingerprint density at radius 2 is 1.60 bits per heavy atom. The van der Waals surface area contributed by atoms with Crippen molar-refractivity contribution in [1.82, 2.24) is 0 Å². The van der Waals surface area contributed by atoms with E-state index in [1.165, 1.54) is 0 Å². The lowest BCUT2D eigenvalue weighted by Gasteiger charge is -2.38. The Labute approximate surface area is 117 Å². The van der Waals surface area contributed by atoms with Crippen molar-refractivity contribution < 1.29 is 4.79 Å². The Kier molecular flexibility index (Phi) is 3.17. The summed E-state index contributed by atoms with van der Waals surface area (Å²) in [6.45, 7) is 0. The van der Waals surface area contributed by atoms with Gasteiger partial charge in [0, 0.05) is 24.3 Å². The van der Waals surface area contributed by atoms with Crippen LogP contribution in [0.1, 0.15) is 5.56 Å². The number of hydrogen-bond acceptors (Lipinski definition) is 3. The third-order valence-corrected chi connectivity index (χ3v) is 3.42. The first kappa shape index (κ1) is 12.4. The minimum Gasteiger partial charge on any atom is -0.325 e. The maximum atomic E-state index is 11.9. The van der Waals surface area contributed by atoms with Gasteiger partial charge in [-0.3, -0.25) is 9.79 Å². The van der Waals surface area contributed by atoms with Crippen molar-refractivity contribution in [3.05, 3.63) is 78.6 Å². The summed E-state index contributed by atoms with van der Waals surface area (Å²) < 4.78 is 0. The smallest absolute Gasteiger partial charge is 0.161 e. The summed E-state index contributed by atoms with van der Waals surface area (Å²) in [5.74, 6) is 0. The van der Waals surface area contributed by atoms with Crippen LogP contribution in [-0.2, 0) is 10.3 Å². The molecule has 1 aliphatic heterocycles. The molecule has 0 bridgehead atoms. The summed E-state index contributed by atoms with van der Waals surface area (Å²) in [5, 5.41) is 0. The van der Waals surface area contributed by atoms with E-state index in [0.29, 0.717) is 0 Å². The number of aliphatic imine (C=N–C) groups is 1. The van der Waals surface area contributed by atoms with E-state index < -0.39 is 5.54 Å². The fraction of sp³-hybridized carbons (Fsp3) is 0.0588. The van der Waals surface area contributed by atoms with Crippen LogP contribution in [0.4, 0.5) is 5.69 Å². The Hall–Kier alpha value is -2.68. The number of aldehydes is 1. The fourth-order valence-electron chi connectivity index (χ4n) is 2.41. The molecule has 3 rings (SSSR count). The first-order valence-corrected chi connectivity index (χ1v) is 6.44. The SMILES string of the molecule is O=CC1(c2ccccc2)C=NC=CN1c1ccccc1. The van der Waals surface area contributed by atoms with Crippen LogP contribution < -0.4 is 4.90 Å². The van der Waals surface area contributed by atoms with Gasteiger partial charge in [0.15, 0.2) is 11.8 Å². The molecule has 1 heterocycles. The van der Waals surface area contributed by atoms with Gasteiger partial charge in [0.25, 0.3) is 0 Å². The molecule has 98 valence electrons. The molecule has 0 N–H and O–H groups in total. The third-order valence-electron chi connectivity index (χ3n) is 3.42. The molecule has 2 aromatic rings. The summed E-state index contributed by atoms with van der Waals surface area (Å²) in [5.41, 5.74) is 0.954. The third kappa shape index (κ3) is 1.93. The first-order chi connectivity index (χ1) is 9.87. The van der Waals surface area contributed by atoms with E-state index >= 15 is 0 Å². The Bertz CT molecular complexity index is 649. The summed E-state index contributed by atoms with van der Waals surface area (Å²) in [6, 6.07) is 19.5. The van der Waals surface area contributed by atoms with E-state index in [9.17, 15) is 4.79 Å². The second-order valence-electron chi connectivity index (χ2n) is 4.59. The quantitative estimate of drug-likeness (QED) is 0.796. The molecule has 0 radical (unpaired) electrons. The van der Waals surface area contributed by atoms with E-state index in [-0.39, 0.29) is 0 Å². The van der Waals surface area contributed by atoms with Crippen LogP contribution in [0.2, 0.25) is 0 Å². The maximum Gasteiger partial charge on any atom is 0.161 e. The molecule has 0 saturated carbocycles. The topological polar surface area (TPSA) is 32.7 Å². The molecule has 2 aromatic carbocycles. The molecule has 1 unspecified atom stereocenters. The highest BCUT2D eigenvalue weighted by Gasteiger charge is 2.37. The molecule has 0 aromatic heterocycles. The van der Waals surface area contributed by atoms with Crippen LogP contribution in [-0.4, -0.2) is 12.5 Å². The number of nitrogens with zero attached hydrogens (tertiary/aromatic N) is 2. The molecule has 1 atom stereocenters. The lowest BCUT2D eigenvalue weighted by molar-refractivity contribution is -0.110. The molecule has 0 saturated heterocycles. The van der Waals surface area contributed by atoms with Crippen molar-refractivity contribution >= 4 is 18.2 Å². The predicted octanol–water partition coefficient (Wildman–Crippen LogP) is 3.14. The average molecular weight is 262 g/mol. The van der Waals surface area contributed by atoms with Gasteiger partial charge in [-0.1, -0.05) is 48.5 Å². The second kappa shape index (κ2) is 5.13. The zero-order valence-electron chi connectivity index (χ0n) is 10.9. The molecule has 3 heteroatoms. The van der Waals surface area contributed by atoms with Gasteiger partial charge in [0.05, 0.1) is 0 Å². The summed E-state index contributed by atoms with van der Waals surface area (Å²) in [6.07, 6.45) is 6.14. The minimum atomic E-state index is -0.892. The van der Waals surface area contributed by atoms with Gasteiger partial charge in [-0.2, -0.15) is 0 Å². The lowest BCUT2D eigenvalue weighted by Crippen LogP contribution is -2.47. The molecule has 0 amide bonds. The Balaban J connectivity index is 2.15. The van der Waals surface area contributed by atoms with Crippen molar-refractivity contribution in [2.75, 3.05) is 4.90 Å².